The zero-order chi connectivity index (χ0) is 19.2. The van der Waals surface area contributed by atoms with E-state index >= 15 is 0 Å². The molecule has 0 aromatic heterocycles. The Balaban J connectivity index is 1.78. The second kappa shape index (κ2) is 8.49. The number of amides is 2. The van der Waals surface area contributed by atoms with Crippen LogP contribution in [0.15, 0.2) is 60.7 Å². The summed E-state index contributed by atoms with van der Waals surface area (Å²) in [6.07, 6.45) is -0.176. The highest BCUT2D eigenvalue weighted by atomic mass is 16.6. The summed E-state index contributed by atoms with van der Waals surface area (Å²) in [5.74, 6) is -1.18. The number of carbonyl (C=O) groups is 3. The molecule has 3 rings (SSSR count). The topological polar surface area (TPSA) is 72.9 Å². The number of β-lactam (4-membered cyclic amide) rings is 1. The van der Waals surface area contributed by atoms with Crippen molar-refractivity contribution < 1.29 is 23.9 Å². The molecular formula is C21H21NO5. The Kier molecular flexibility index (Phi) is 5.86. The zero-order valence-corrected chi connectivity index (χ0v) is 15.0. The summed E-state index contributed by atoms with van der Waals surface area (Å²) >= 11 is 0. The van der Waals surface area contributed by atoms with Crippen molar-refractivity contribution in [3.05, 3.63) is 71.8 Å². The number of esters is 1. The van der Waals surface area contributed by atoms with Crippen LogP contribution in [0.25, 0.3) is 0 Å². The van der Waals surface area contributed by atoms with E-state index in [-0.39, 0.29) is 6.61 Å². The molecule has 0 N–H and O–H groups in total. The first-order chi connectivity index (χ1) is 13.1. The van der Waals surface area contributed by atoms with Crippen molar-refractivity contribution in [2.45, 2.75) is 31.9 Å². The molecule has 1 aliphatic rings. The normalized spacial score (nSPS) is 18.6. The molecule has 2 unspecified atom stereocenters. The zero-order valence-electron chi connectivity index (χ0n) is 15.0. The summed E-state index contributed by atoms with van der Waals surface area (Å²) in [7, 11) is 0. The largest absolute Gasteiger partial charge is 0.449 e. The van der Waals surface area contributed by atoms with Gasteiger partial charge >= 0.3 is 12.1 Å². The first-order valence-electron chi connectivity index (χ1n) is 8.94. The van der Waals surface area contributed by atoms with Crippen LogP contribution >= 0.6 is 0 Å². The molecule has 1 heterocycles. The van der Waals surface area contributed by atoms with Gasteiger partial charge in [-0.25, -0.2) is 14.5 Å². The summed E-state index contributed by atoms with van der Waals surface area (Å²) in [4.78, 5) is 38.2. The second-order valence-electron chi connectivity index (χ2n) is 6.22. The van der Waals surface area contributed by atoms with Crippen molar-refractivity contribution >= 4 is 18.0 Å². The highest BCUT2D eigenvalue weighted by molar-refractivity contribution is 6.03. The van der Waals surface area contributed by atoms with Gasteiger partial charge in [0.2, 0.25) is 6.10 Å². The van der Waals surface area contributed by atoms with Gasteiger partial charge in [-0.1, -0.05) is 61.9 Å². The summed E-state index contributed by atoms with van der Waals surface area (Å²) < 4.78 is 10.6. The molecule has 6 heteroatoms. The molecule has 0 radical (unpaired) electrons. The van der Waals surface area contributed by atoms with E-state index in [0.717, 1.165) is 17.7 Å². The number of nitrogens with zero attached hydrogens (tertiary/aromatic N) is 1. The molecule has 0 aliphatic carbocycles. The van der Waals surface area contributed by atoms with Gasteiger partial charge in [0.15, 0.2) is 0 Å². The van der Waals surface area contributed by atoms with Gasteiger partial charge in [-0.3, -0.25) is 4.79 Å². The van der Waals surface area contributed by atoms with Crippen molar-refractivity contribution in [3.63, 3.8) is 0 Å². The minimum atomic E-state index is -1.06. The lowest BCUT2D eigenvalue weighted by atomic mass is 9.91. The molecule has 0 bridgehead atoms. The molecule has 27 heavy (non-hydrogen) atoms. The number of unbranched alkanes of at least 4 members (excludes halogenated alkanes) is 1. The van der Waals surface area contributed by atoms with Crippen molar-refractivity contribution in [2.24, 2.45) is 0 Å². The quantitative estimate of drug-likeness (QED) is 0.442. The molecule has 1 fully saturated rings. The Labute approximate surface area is 157 Å². The number of hydrogen-bond acceptors (Lipinski definition) is 5. The van der Waals surface area contributed by atoms with Gasteiger partial charge in [0.1, 0.15) is 6.04 Å². The fourth-order valence-corrected chi connectivity index (χ4v) is 2.89. The number of ether oxygens (including phenoxy) is 2. The number of benzene rings is 2. The fourth-order valence-electron chi connectivity index (χ4n) is 2.89. The van der Waals surface area contributed by atoms with Gasteiger partial charge in [-0.05, 0) is 24.1 Å². The first-order valence-corrected chi connectivity index (χ1v) is 8.94. The van der Waals surface area contributed by atoms with Crippen LogP contribution in [0.1, 0.15) is 41.7 Å². The van der Waals surface area contributed by atoms with E-state index in [0.29, 0.717) is 11.1 Å². The first kappa shape index (κ1) is 18.6. The fraction of sp³-hybridized carbons (Fsp3) is 0.286. The average molecular weight is 367 g/mol. The van der Waals surface area contributed by atoms with Crippen LogP contribution < -0.4 is 0 Å². The number of rotatable bonds is 6. The lowest BCUT2D eigenvalue weighted by molar-refractivity contribution is -0.163. The summed E-state index contributed by atoms with van der Waals surface area (Å²) in [6.45, 7) is 2.23. The van der Waals surface area contributed by atoms with Crippen molar-refractivity contribution in [3.8, 4) is 0 Å². The molecule has 1 aliphatic heterocycles. The molecule has 6 nitrogen and oxygen atoms in total. The van der Waals surface area contributed by atoms with Crippen LogP contribution in [0.3, 0.4) is 0 Å². The third-order valence-electron chi connectivity index (χ3n) is 4.35. The molecule has 140 valence electrons. The van der Waals surface area contributed by atoms with Crippen molar-refractivity contribution in [1.82, 2.24) is 4.90 Å². The molecule has 1 saturated heterocycles. The van der Waals surface area contributed by atoms with Gasteiger partial charge in [0.25, 0.3) is 5.91 Å². The van der Waals surface area contributed by atoms with E-state index in [1.165, 1.54) is 0 Å². The maximum atomic E-state index is 12.5. The Hall–Kier alpha value is -3.15. The van der Waals surface area contributed by atoms with Gasteiger partial charge < -0.3 is 9.47 Å². The van der Waals surface area contributed by atoms with Crippen LogP contribution in [0.2, 0.25) is 0 Å². The van der Waals surface area contributed by atoms with E-state index in [1.807, 2.05) is 13.0 Å². The lowest BCUT2D eigenvalue weighted by Gasteiger charge is -2.43. The molecule has 2 atom stereocenters. The molecular weight excluding hydrogens is 346 g/mol. The van der Waals surface area contributed by atoms with E-state index in [1.54, 1.807) is 54.6 Å². The molecule has 2 aromatic rings. The SMILES string of the molecule is CCCCOC(=O)N1C(=O)C(OC(=O)c2ccccc2)C1c1ccccc1. The van der Waals surface area contributed by atoms with E-state index in [2.05, 4.69) is 0 Å². The molecule has 0 saturated carbocycles. The van der Waals surface area contributed by atoms with Crippen LogP contribution in [0, 0.1) is 0 Å². The maximum Gasteiger partial charge on any atom is 0.417 e. The number of likely N-dealkylation sites (tertiary alicyclic amines) is 1. The lowest BCUT2D eigenvalue weighted by Crippen LogP contribution is -2.62. The van der Waals surface area contributed by atoms with Gasteiger partial charge in [0.05, 0.1) is 12.2 Å². The van der Waals surface area contributed by atoms with Crippen LogP contribution in [0.5, 0.6) is 0 Å². The number of carbonyl (C=O) groups excluding carboxylic acids is 3. The van der Waals surface area contributed by atoms with E-state index in [4.69, 9.17) is 9.47 Å². The standard InChI is InChI=1S/C21H21NO5/c1-2-3-14-26-21(25)22-17(15-10-6-4-7-11-15)18(19(22)23)27-20(24)16-12-8-5-9-13-16/h4-13,17-18H,2-3,14H2,1H3. The van der Waals surface area contributed by atoms with Crippen LogP contribution in [-0.4, -0.2) is 35.6 Å². The minimum absolute atomic E-state index is 0.245. The van der Waals surface area contributed by atoms with Crippen molar-refractivity contribution in [1.29, 1.82) is 0 Å². The van der Waals surface area contributed by atoms with Crippen molar-refractivity contribution in [2.75, 3.05) is 6.61 Å². The third kappa shape index (κ3) is 4.00. The van der Waals surface area contributed by atoms with Gasteiger partial charge in [-0.2, -0.15) is 0 Å². The monoisotopic (exact) mass is 367 g/mol. The predicted molar refractivity (Wildman–Crippen MR) is 97.9 cm³/mol. The molecule has 2 amide bonds. The number of hydrogen-bond donors (Lipinski definition) is 0. The average Bonchev–Trinajstić information content (AvgIpc) is 2.71. The maximum absolute atomic E-state index is 12.5. The van der Waals surface area contributed by atoms with Crippen LogP contribution in [-0.2, 0) is 14.3 Å². The Morgan fingerprint density at radius 2 is 1.63 bits per heavy atom. The third-order valence-corrected chi connectivity index (χ3v) is 4.35. The molecule has 2 aromatic carbocycles. The summed E-state index contributed by atoms with van der Waals surface area (Å²) in [5, 5.41) is 0. The van der Waals surface area contributed by atoms with Gasteiger partial charge in [-0.15, -0.1) is 0 Å². The highest BCUT2D eigenvalue weighted by Gasteiger charge is 2.55. The van der Waals surface area contributed by atoms with Gasteiger partial charge in [0, 0.05) is 0 Å². The smallest absolute Gasteiger partial charge is 0.417 e. The Morgan fingerprint density at radius 1 is 1.00 bits per heavy atom. The number of imide groups is 1. The predicted octanol–water partition coefficient (Wildman–Crippen LogP) is 3.73. The highest BCUT2D eigenvalue weighted by Crippen LogP contribution is 2.38. The van der Waals surface area contributed by atoms with E-state index in [9.17, 15) is 14.4 Å². The Morgan fingerprint density at radius 3 is 2.26 bits per heavy atom. The Bertz CT molecular complexity index is 806. The summed E-state index contributed by atoms with van der Waals surface area (Å²) in [5.41, 5.74) is 1.05. The summed E-state index contributed by atoms with van der Waals surface area (Å²) in [6, 6.07) is 16.7. The second-order valence-corrected chi connectivity index (χ2v) is 6.22. The molecule has 0 spiro atoms. The minimum Gasteiger partial charge on any atom is -0.449 e. The van der Waals surface area contributed by atoms with Crippen LogP contribution in [0.4, 0.5) is 4.79 Å². The van der Waals surface area contributed by atoms with E-state index < -0.39 is 30.1 Å².